The van der Waals surface area contributed by atoms with Gasteiger partial charge in [0.05, 0.1) is 18.5 Å². The van der Waals surface area contributed by atoms with E-state index in [0.29, 0.717) is 14.5 Å². The van der Waals surface area contributed by atoms with E-state index in [0.717, 1.165) is 24.5 Å². The van der Waals surface area contributed by atoms with E-state index in [4.69, 9.17) is 10.1 Å². The first-order valence-electron chi connectivity index (χ1n) is 7.71. The number of nitrogens with zero attached hydrogens (tertiary/aromatic N) is 2. The number of methoxy groups -OCH3 is 1. The summed E-state index contributed by atoms with van der Waals surface area (Å²) in [6.07, 6.45) is 0. The van der Waals surface area contributed by atoms with E-state index >= 15 is 0 Å². The molecule has 0 radical (unpaired) electrons. The Balaban J connectivity index is 1.97. The normalized spacial score (nSPS) is 15.0. The van der Waals surface area contributed by atoms with Crippen molar-refractivity contribution in [2.45, 2.75) is 6.92 Å². The van der Waals surface area contributed by atoms with Gasteiger partial charge in [-0.2, -0.15) is 0 Å². The Morgan fingerprint density at radius 2 is 1.78 bits per heavy atom. The molecule has 0 amide bonds. The summed E-state index contributed by atoms with van der Waals surface area (Å²) in [5.74, 6) is 1.32. The van der Waals surface area contributed by atoms with E-state index in [1.54, 1.807) is 7.11 Å². The quantitative estimate of drug-likeness (QED) is 0.877. The number of nitrogens with one attached hydrogen (secondary N) is 1. The molecule has 120 valence electrons. The summed E-state index contributed by atoms with van der Waals surface area (Å²) in [5, 5.41) is 9.99. The van der Waals surface area contributed by atoms with Gasteiger partial charge in [-0.3, -0.25) is 5.41 Å². The number of para-hydroxylation sites is 3. The standard InChI is InChI=1S/C18H22N3OP/c1-13-7-6-10-16(23-3)17(13)21-12-11-20(18(21)19)14-8-4-5-9-15(14)22-2/h4-10,19,23H,11-12H2,1-3H3. The molecular weight excluding hydrogens is 305 g/mol. The van der Waals surface area contributed by atoms with Crippen LogP contribution in [0.4, 0.5) is 11.4 Å². The van der Waals surface area contributed by atoms with Crippen molar-refractivity contribution in [1.82, 2.24) is 0 Å². The minimum atomic E-state index is 0.517. The number of hydrogen-bond donors (Lipinski definition) is 1. The van der Waals surface area contributed by atoms with Gasteiger partial charge in [-0.1, -0.05) is 38.9 Å². The van der Waals surface area contributed by atoms with Crippen LogP contribution in [-0.4, -0.2) is 32.8 Å². The zero-order valence-electron chi connectivity index (χ0n) is 13.8. The smallest absolute Gasteiger partial charge is 0.203 e. The Morgan fingerprint density at radius 1 is 1.04 bits per heavy atom. The van der Waals surface area contributed by atoms with Crippen molar-refractivity contribution in [3.05, 3.63) is 48.0 Å². The molecule has 0 bridgehead atoms. The van der Waals surface area contributed by atoms with Gasteiger partial charge in [-0.25, -0.2) is 0 Å². The van der Waals surface area contributed by atoms with Crippen molar-refractivity contribution < 1.29 is 4.74 Å². The average Bonchev–Trinajstić information content (AvgIpc) is 2.95. The van der Waals surface area contributed by atoms with Crippen LogP contribution >= 0.6 is 8.58 Å². The van der Waals surface area contributed by atoms with Crippen LogP contribution in [0.15, 0.2) is 42.5 Å². The first-order valence-corrected chi connectivity index (χ1v) is 9.21. The molecule has 1 unspecified atom stereocenters. The highest BCUT2D eigenvalue weighted by Gasteiger charge is 2.30. The molecule has 4 nitrogen and oxygen atoms in total. The molecule has 1 aliphatic heterocycles. The Hall–Kier alpha value is -2.06. The molecule has 2 aromatic carbocycles. The molecule has 23 heavy (non-hydrogen) atoms. The molecule has 1 N–H and O–H groups in total. The predicted octanol–water partition coefficient (Wildman–Crippen LogP) is 3.20. The van der Waals surface area contributed by atoms with E-state index in [1.165, 1.54) is 16.6 Å². The van der Waals surface area contributed by atoms with Crippen molar-refractivity contribution >= 4 is 31.2 Å². The second kappa shape index (κ2) is 6.59. The van der Waals surface area contributed by atoms with Crippen molar-refractivity contribution in [2.75, 3.05) is 36.7 Å². The SMILES string of the molecule is COc1ccccc1N1CCN(c2c(C)cccc2PC)C1=N. The maximum absolute atomic E-state index is 8.68. The van der Waals surface area contributed by atoms with Gasteiger partial charge in [-0.15, -0.1) is 0 Å². The third-order valence-electron chi connectivity index (χ3n) is 4.21. The summed E-state index contributed by atoms with van der Waals surface area (Å²) >= 11 is 0. The zero-order chi connectivity index (χ0) is 16.4. The minimum Gasteiger partial charge on any atom is -0.495 e. The van der Waals surface area contributed by atoms with Gasteiger partial charge in [0.15, 0.2) is 0 Å². The lowest BCUT2D eigenvalue weighted by Crippen LogP contribution is -2.35. The zero-order valence-corrected chi connectivity index (χ0v) is 14.8. The molecule has 1 aliphatic rings. The number of ether oxygens (including phenoxy) is 1. The van der Waals surface area contributed by atoms with Gasteiger partial charge in [-0.05, 0) is 36.6 Å². The van der Waals surface area contributed by atoms with Gasteiger partial charge in [0.25, 0.3) is 0 Å². The van der Waals surface area contributed by atoms with Crippen molar-refractivity contribution in [3.63, 3.8) is 0 Å². The van der Waals surface area contributed by atoms with Crippen LogP contribution in [0.2, 0.25) is 0 Å². The first-order chi connectivity index (χ1) is 11.2. The maximum atomic E-state index is 8.68. The molecule has 1 atom stereocenters. The van der Waals surface area contributed by atoms with Crippen molar-refractivity contribution in [2.24, 2.45) is 0 Å². The van der Waals surface area contributed by atoms with E-state index < -0.39 is 0 Å². The Labute approximate surface area is 139 Å². The molecule has 3 rings (SSSR count). The number of guanidine groups is 1. The number of aryl methyl sites for hydroxylation is 1. The van der Waals surface area contributed by atoms with E-state index in [-0.39, 0.29) is 0 Å². The fraction of sp³-hybridized carbons (Fsp3) is 0.278. The largest absolute Gasteiger partial charge is 0.495 e. The number of rotatable bonds is 4. The minimum absolute atomic E-state index is 0.517. The highest BCUT2D eigenvalue weighted by Crippen LogP contribution is 2.33. The average molecular weight is 327 g/mol. The Kier molecular flexibility index (Phi) is 4.53. The highest BCUT2D eigenvalue weighted by atomic mass is 31.1. The predicted molar refractivity (Wildman–Crippen MR) is 100 cm³/mol. The third kappa shape index (κ3) is 2.79. The Bertz CT molecular complexity index is 732. The molecule has 1 fully saturated rings. The summed E-state index contributed by atoms with van der Waals surface area (Å²) in [5.41, 5.74) is 3.37. The first kappa shape index (κ1) is 15.8. The number of benzene rings is 2. The number of anilines is 2. The van der Waals surface area contributed by atoms with Gasteiger partial charge in [0.2, 0.25) is 5.96 Å². The van der Waals surface area contributed by atoms with Gasteiger partial charge < -0.3 is 14.5 Å². The molecule has 0 aromatic heterocycles. The molecule has 0 saturated carbocycles. The monoisotopic (exact) mass is 327 g/mol. The summed E-state index contributed by atoms with van der Waals surface area (Å²) in [6.45, 7) is 5.92. The topological polar surface area (TPSA) is 39.6 Å². The summed E-state index contributed by atoms with van der Waals surface area (Å²) in [7, 11) is 2.39. The van der Waals surface area contributed by atoms with Crippen LogP contribution in [0.25, 0.3) is 0 Å². The van der Waals surface area contributed by atoms with E-state index in [2.05, 4.69) is 36.7 Å². The third-order valence-corrected chi connectivity index (χ3v) is 5.15. The number of hydrogen-bond acceptors (Lipinski definition) is 2. The molecule has 2 aromatic rings. The molecule has 5 heteroatoms. The molecule has 1 heterocycles. The summed E-state index contributed by atoms with van der Waals surface area (Å²) < 4.78 is 5.46. The lowest BCUT2D eigenvalue weighted by atomic mass is 10.2. The van der Waals surface area contributed by atoms with Crippen molar-refractivity contribution in [3.8, 4) is 5.75 Å². The second-order valence-corrected chi connectivity index (χ2v) is 6.56. The molecule has 1 saturated heterocycles. The van der Waals surface area contributed by atoms with Crippen LogP contribution in [0.3, 0.4) is 0 Å². The van der Waals surface area contributed by atoms with Crippen LogP contribution in [0.1, 0.15) is 5.56 Å². The van der Waals surface area contributed by atoms with Crippen LogP contribution in [0.5, 0.6) is 5.75 Å². The van der Waals surface area contributed by atoms with Gasteiger partial charge in [0.1, 0.15) is 5.75 Å². The van der Waals surface area contributed by atoms with Crippen LogP contribution < -0.4 is 19.8 Å². The highest BCUT2D eigenvalue weighted by molar-refractivity contribution is 7.46. The lowest BCUT2D eigenvalue weighted by Gasteiger charge is -2.26. The van der Waals surface area contributed by atoms with E-state index in [9.17, 15) is 0 Å². The fourth-order valence-electron chi connectivity index (χ4n) is 3.08. The Morgan fingerprint density at radius 3 is 2.52 bits per heavy atom. The van der Waals surface area contributed by atoms with Crippen LogP contribution in [-0.2, 0) is 0 Å². The second-order valence-electron chi connectivity index (χ2n) is 5.52. The molecule has 0 spiro atoms. The maximum Gasteiger partial charge on any atom is 0.203 e. The lowest BCUT2D eigenvalue weighted by molar-refractivity contribution is 0.415. The van der Waals surface area contributed by atoms with Gasteiger partial charge >= 0.3 is 0 Å². The van der Waals surface area contributed by atoms with E-state index in [1.807, 2.05) is 29.2 Å². The van der Waals surface area contributed by atoms with Crippen LogP contribution in [0, 0.1) is 12.3 Å². The van der Waals surface area contributed by atoms with Gasteiger partial charge in [0, 0.05) is 13.1 Å². The fourth-order valence-corrected chi connectivity index (χ4v) is 3.91. The molecular formula is C18H22N3OP. The summed E-state index contributed by atoms with van der Waals surface area (Å²) in [6, 6.07) is 14.3. The van der Waals surface area contributed by atoms with Crippen molar-refractivity contribution in [1.29, 1.82) is 5.41 Å². The summed E-state index contributed by atoms with van der Waals surface area (Å²) in [4.78, 5) is 4.14. The molecule has 0 aliphatic carbocycles.